The van der Waals surface area contributed by atoms with Crippen molar-refractivity contribution in [3.63, 3.8) is 0 Å². The number of nitrogens with zero attached hydrogens (tertiary/aromatic N) is 3. The third kappa shape index (κ3) is 27.9. The minimum absolute atomic E-state index is 0.0696. The molecule has 101 heavy (non-hydrogen) atoms. The number of hydrogen-bond acceptors (Lipinski definition) is 16. The molecule has 3 aromatic rings. The summed E-state index contributed by atoms with van der Waals surface area (Å²) in [4.78, 5) is 173. The first-order valence-electron chi connectivity index (χ1n) is 34.6. The van der Waals surface area contributed by atoms with Crippen molar-refractivity contribution in [2.45, 2.75) is 184 Å². The number of nitrogens with one attached hydrogen (secondary N) is 7. The van der Waals surface area contributed by atoms with Crippen LogP contribution in [0.15, 0.2) is 108 Å². The summed E-state index contributed by atoms with van der Waals surface area (Å²) in [7, 11) is 0. The van der Waals surface area contributed by atoms with E-state index in [1.807, 2.05) is 99.0 Å². The number of carbonyl (C=O) groups is 12. The van der Waals surface area contributed by atoms with E-state index >= 15 is 4.79 Å². The average molecular weight is 1420 g/mol. The first-order chi connectivity index (χ1) is 48.2. The van der Waals surface area contributed by atoms with Gasteiger partial charge in [0.1, 0.15) is 42.3 Å². The van der Waals surface area contributed by atoms with Crippen LogP contribution < -0.4 is 77.4 Å². The number of unbranched alkanes of at least 4 members (excludes halogenated alkanes) is 1. The predicted octanol–water partition coefficient (Wildman–Crippen LogP) is -0.411. The van der Waals surface area contributed by atoms with Gasteiger partial charge in [-0.3, -0.25) is 62.5 Å². The van der Waals surface area contributed by atoms with Crippen molar-refractivity contribution in [1.82, 2.24) is 47.0 Å². The highest BCUT2D eigenvalue weighted by molar-refractivity contribution is 7.98. The molecule has 0 saturated carbocycles. The molecular formula is C71H105N17O12S. The predicted molar refractivity (Wildman–Crippen MR) is 385 cm³/mol. The summed E-state index contributed by atoms with van der Waals surface area (Å²) >= 11 is 1.47. The second-order valence-electron chi connectivity index (χ2n) is 26.2. The zero-order valence-corrected chi connectivity index (χ0v) is 59.1. The molecule has 2 aliphatic rings. The van der Waals surface area contributed by atoms with Gasteiger partial charge in [0.05, 0.1) is 24.0 Å². The standard InChI is InChI=1S/C71H105N17O12S/c1-45(2)40-55(64(95)83-51(61(76)92)33-39-101-3)82-60(91)44-80-69(100)71(42-47-20-9-5-10-21-47,43-48-22-11-6-12-23-48)34-32-49(41-46-18-7-4-8-19-46)81-62(93)52(28-30-58(74)89)84-63(94)53(29-31-59(75)90)85-65(96)57-27-17-38-88(57)68(99)54(25-13-14-35-72)86-66(97)56-26-16-37-87(56)67(98)50(73)24-15-36-79-70(77)78/h4-12,18-23,32,34,45,49-57H,13-17,24-31,33,35-44,72-73H2,1-3H3,(H2,74,89)(H2,75,90)(H2,76,92)(H,80,100)(H,81,93)(H,82,91)(H,83,95)(H,84,94)(H,85,96)(H,86,97)(H4,77,78,79)/b34-32+/t49-,50+,51+,52+,53+,54+,55+,56+,57+/m1/s1. The molecule has 0 aliphatic carbocycles. The lowest BCUT2D eigenvalue weighted by Gasteiger charge is -2.32. The lowest BCUT2D eigenvalue weighted by Crippen LogP contribution is -2.59. The highest BCUT2D eigenvalue weighted by Gasteiger charge is 2.43. The topological polar surface area (TPSA) is 490 Å². The van der Waals surface area contributed by atoms with Crippen molar-refractivity contribution in [3.8, 4) is 0 Å². The zero-order valence-electron chi connectivity index (χ0n) is 58.2. The number of amides is 12. The van der Waals surface area contributed by atoms with Crippen LogP contribution >= 0.6 is 11.8 Å². The van der Waals surface area contributed by atoms with E-state index in [2.05, 4.69) is 42.2 Å². The number of guanidine groups is 1. The fourth-order valence-electron chi connectivity index (χ4n) is 12.4. The number of benzene rings is 3. The number of primary amides is 3. The van der Waals surface area contributed by atoms with Crippen LogP contribution in [0.1, 0.15) is 127 Å². The van der Waals surface area contributed by atoms with Gasteiger partial charge in [0.15, 0.2) is 5.96 Å². The smallest absolute Gasteiger partial charge is 0.245 e. The van der Waals surface area contributed by atoms with Crippen molar-refractivity contribution >= 4 is 88.6 Å². The van der Waals surface area contributed by atoms with E-state index in [0.29, 0.717) is 50.8 Å². The van der Waals surface area contributed by atoms with E-state index in [0.717, 1.165) is 16.7 Å². The van der Waals surface area contributed by atoms with Crippen molar-refractivity contribution in [3.05, 3.63) is 120 Å². The van der Waals surface area contributed by atoms with Crippen LogP contribution in [0.4, 0.5) is 0 Å². The molecule has 552 valence electrons. The molecular weight excluding hydrogens is 1310 g/mol. The van der Waals surface area contributed by atoms with Gasteiger partial charge < -0.3 is 87.2 Å². The summed E-state index contributed by atoms with van der Waals surface area (Å²) in [6.07, 6.45) is 7.45. The van der Waals surface area contributed by atoms with Crippen LogP contribution in [-0.2, 0) is 76.8 Å². The molecule has 9 atom stereocenters. The maximum Gasteiger partial charge on any atom is 0.245 e. The van der Waals surface area contributed by atoms with Crippen molar-refractivity contribution < 1.29 is 57.5 Å². The van der Waals surface area contributed by atoms with Gasteiger partial charge in [0.2, 0.25) is 70.9 Å². The highest BCUT2D eigenvalue weighted by atomic mass is 32.2. The summed E-state index contributed by atoms with van der Waals surface area (Å²) in [5.41, 5.74) is 40.6. The molecule has 0 radical (unpaired) electrons. The Morgan fingerprint density at radius 2 is 1.09 bits per heavy atom. The third-order valence-electron chi connectivity index (χ3n) is 17.6. The Hall–Kier alpha value is -9.42. The number of nitrogens with two attached hydrogens (primary N) is 7. The van der Waals surface area contributed by atoms with Crippen LogP contribution in [0.25, 0.3) is 0 Å². The second kappa shape index (κ2) is 42.6. The summed E-state index contributed by atoms with van der Waals surface area (Å²) in [5.74, 6) is -8.03. The Labute approximate surface area is 595 Å². The van der Waals surface area contributed by atoms with E-state index < -0.39 is 150 Å². The molecule has 2 aliphatic heterocycles. The van der Waals surface area contributed by atoms with Gasteiger partial charge in [0, 0.05) is 32.5 Å². The minimum Gasteiger partial charge on any atom is -0.370 e. The fraction of sp³-hybridized carbons (Fsp3) is 0.535. The number of aliphatic imine (C=N–C) groups is 1. The molecule has 0 unspecified atom stereocenters. The van der Waals surface area contributed by atoms with Gasteiger partial charge in [-0.25, -0.2) is 0 Å². The van der Waals surface area contributed by atoms with Gasteiger partial charge in [-0.05, 0) is 144 Å². The lowest BCUT2D eigenvalue weighted by atomic mass is 9.74. The van der Waals surface area contributed by atoms with Crippen LogP contribution in [-0.4, -0.2) is 186 Å². The zero-order chi connectivity index (χ0) is 74.0. The number of likely N-dealkylation sites (tertiary alicyclic amines) is 2. The van der Waals surface area contributed by atoms with E-state index in [1.165, 1.54) is 21.6 Å². The van der Waals surface area contributed by atoms with Crippen molar-refractivity contribution in [2.24, 2.45) is 56.5 Å². The molecule has 30 heteroatoms. The minimum atomic E-state index is -1.54. The van der Waals surface area contributed by atoms with E-state index in [1.54, 1.807) is 24.3 Å². The lowest BCUT2D eigenvalue weighted by molar-refractivity contribution is -0.144. The molecule has 0 aromatic heterocycles. The SMILES string of the molecule is CSCC[C@H](NC(=O)[C@H](CC(C)C)NC(=O)CNC(=O)C(/C=C/[C@H](Cc1ccccc1)NC(=O)[C@H](CCC(N)=O)NC(=O)[C@H](CCC(N)=O)NC(=O)[C@@H]1CCCN1C(=O)[C@H](CCCCN)NC(=O)[C@@H]1CCCN1C(=O)[C@@H](N)CCCN=C(N)N)(Cc1ccccc1)Cc1ccccc1)C(N)=O. The molecule has 21 N–H and O–H groups in total. The monoisotopic (exact) mass is 1420 g/mol. The Morgan fingerprint density at radius 1 is 0.584 bits per heavy atom. The second-order valence-corrected chi connectivity index (χ2v) is 27.2. The first kappa shape index (κ1) is 82.2. The molecule has 2 heterocycles. The Balaban J connectivity index is 1.44. The van der Waals surface area contributed by atoms with E-state index in [4.69, 9.17) is 40.1 Å². The normalized spacial score (nSPS) is 16.5. The van der Waals surface area contributed by atoms with Gasteiger partial charge >= 0.3 is 0 Å². The van der Waals surface area contributed by atoms with Crippen LogP contribution in [0, 0.1) is 11.3 Å². The van der Waals surface area contributed by atoms with Gasteiger partial charge in [-0.15, -0.1) is 0 Å². The summed E-state index contributed by atoms with van der Waals surface area (Å²) in [6, 6.07) is 17.1. The van der Waals surface area contributed by atoms with Crippen molar-refractivity contribution in [1.29, 1.82) is 0 Å². The van der Waals surface area contributed by atoms with Gasteiger partial charge in [-0.1, -0.05) is 117 Å². The number of thioether (sulfide) groups is 1. The van der Waals surface area contributed by atoms with E-state index in [-0.39, 0.29) is 95.7 Å². The van der Waals surface area contributed by atoms with Crippen LogP contribution in [0.3, 0.4) is 0 Å². The molecule has 12 amide bonds. The molecule has 0 bridgehead atoms. The van der Waals surface area contributed by atoms with E-state index in [9.17, 15) is 52.7 Å². The number of rotatable bonds is 44. The Kier molecular flexibility index (Phi) is 34.7. The van der Waals surface area contributed by atoms with Crippen LogP contribution in [0.5, 0.6) is 0 Å². The molecule has 29 nitrogen and oxygen atoms in total. The highest BCUT2D eigenvalue weighted by Crippen LogP contribution is 2.32. The summed E-state index contributed by atoms with van der Waals surface area (Å²) in [5, 5.41) is 19.5. The van der Waals surface area contributed by atoms with Crippen molar-refractivity contribution in [2.75, 3.05) is 44.7 Å². The molecule has 5 rings (SSSR count). The molecule has 2 saturated heterocycles. The summed E-state index contributed by atoms with van der Waals surface area (Å²) in [6.45, 7) is 4.07. The quantitative estimate of drug-likeness (QED) is 0.0148. The number of carbonyl (C=O) groups excluding carboxylic acids is 12. The Morgan fingerprint density at radius 3 is 1.60 bits per heavy atom. The summed E-state index contributed by atoms with van der Waals surface area (Å²) < 4.78 is 0. The molecule has 0 spiro atoms. The first-order valence-corrected chi connectivity index (χ1v) is 36.0. The number of hydrogen-bond donors (Lipinski definition) is 14. The average Bonchev–Trinajstić information content (AvgIpc) is 1.50. The largest absolute Gasteiger partial charge is 0.370 e. The third-order valence-corrected chi connectivity index (χ3v) is 18.3. The maximum absolute atomic E-state index is 15.3. The molecule has 3 aromatic carbocycles. The van der Waals surface area contributed by atoms with Crippen LogP contribution in [0.2, 0.25) is 0 Å². The fourth-order valence-corrected chi connectivity index (χ4v) is 12.8. The van der Waals surface area contributed by atoms with Gasteiger partial charge in [-0.2, -0.15) is 11.8 Å². The van der Waals surface area contributed by atoms with Gasteiger partial charge in [0.25, 0.3) is 0 Å². The molecule has 2 fully saturated rings. The maximum atomic E-state index is 15.3. The Bertz CT molecular complexity index is 3270.